The Bertz CT molecular complexity index is 1110. The quantitative estimate of drug-likeness (QED) is 0.298. The van der Waals surface area contributed by atoms with Crippen molar-refractivity contribution in [1.82, 2.24) is 4.90 Å². The number of phenolic OH excluding ortho intramolecular Hbond substituents is 1. The third-order valence-electron chi connectivity index (χ3n) is 5.77. The van der Waals surface area contributed by atoms with Crippen molar-refractivity contribution in [2.45, 2.75) is 37.5 Å². The number of benzene rings is 1. The maximum absolute atomic E-state index is 12.9. The zero-order valence-electron chi connectivity index (χ0n) is 17.0. The van der Waals surface area contributed by atoms with E-state index in [4.69, 9.17) is 5.73 Å². The lowest BCUT2D eigenvalue weighted by molar-refractivity contribution is -0.201. The molecule has 3 heterocycles. The minimum absolute atomic E-state index is 0.0251. The van der Waals surface area contributed by atoms with E-state index in [2.05, 4.69) is 4.74 Å². The third-order valence-corrected chi connectivity index (χ3v) is 5.77. The number of esters is 2. The molecule has 9 nitrogen and oxygen atoms in total. The fourth-order valence-corrected chi connectivity index (χ4v) is 4.13. The molecule has 0 unspecified atom stereocenters. The molecular weight excluding hydrogens is 447 g/mol. The molecule has 2 amide bonds. The number of aromatic hydroxyl groups is 1. The number of carbonyl (C=O) groups is 4. The number of β-lactam (4-membered cyclic amide) rings is 1. The van der Waals surface area contributed by atoms with Crippen LogP contribution in [0.5, 0.6) is 5.75 Å². The van der Waals surface area contributed by atoms with E-state index in [1.165, 1.54) is 23.1 Å². The number of hydrogen-bond acceptors (Lipinski definition) is 7. The number of nitrogens with two attached hydrogens (primary N) is 1. The summed E-state index contributed by atoms with van der Waals surface area (Å²) in [6.45, 7) is 0.297. The minimum Gasteiger partial charge on any atom is -0.508 e. The fraction of sp³-hybridized carbons (Fsp3) is 0.333. The van der Waals surface area contributed by atoms with Gasteiger partial charge in [-0.05, 0) is 55.2 Å². The Labute approximate surface area is 184 Å². The summed E-state index contributed by atoms with van der Waals surface area (Å²) >= 11 is 0. The Balaban J connectivity index is 1.66. The van der Waals surface area contributed by atoms with Crippen molar-refractivity contribution in [3.63, 3.8) is 0 Å². The van der Waals surface area contributed by atoms with Crippen molar-refractivity contribution in [2.75, 3.05) is 11.4 Å². The van der Waals surface area contributed by atoms with Gasteiger partial charge in [-0.25, -0.2) is 9.59 Å². The van der Waals surface area contributed by atoms with Crippen LogP contribution in [0.1, 0.15) is 19.3 Å². The van der Waals surface area contributed by atoms with Gasteiger partial charge in [0.1, 0.15) is 17.5 Å². The van der Waals surface area contributed by atoms with E-state index in [0.29, 0.717) is 18.7 Å². The highest BCUT2D eigenvalue weighted by molar-refractivity contribution is 6.09. The van der Waals surface area contributed by atoms with Crippen LogP contribution >= 0.6 is 0 Å². The van der Waals surface area contributed by atoms with Crippen molar-refractivity contribution in [3.05, 3.63) is 47.2 Å². The molecule has 33 heavy (non-hydrogen) atoms. The van der Waals surface area contributed by atoms with Crippen LogP contribution in [0, 0.1) is 0 Å². The maximum atomic E-state index is 12.9. The molecule has 1 aromatic rings. The van der Waals surface area contributed by atoms with Crippen LogP contribution in [0.2, 0.25) is 0 Å². The summed E-state index contributed by atoms with van der Waals surface area (Å²) in [7, 11) is 0. The zero-order chi connectivity index (χ0) is 24.1. The van der Waals surface area contributed by atoms with E-state index in [1.807, 2.05) is 0 Å². The number of allylic oxidation sites excluding steroid dienone is 2. The molecular formula is C21H18F3N3O6. The largest absolute Gasteiger partial charge is 0.508 e. The average Bonchev–Trinajstić information content (AvgIpc) is 3.12. The molecule has 2 atom stereocenters. The molecule has 2 saturated heterocycles. The first-order valence-electron chi connectivity index (χ1n) is 9.95. The summed E-state index contributed by atoms with van der Waals surface area (Å²) < 4.78 is 41.7. The van der Waals surface area contributed by atoms with Crippen LogP contribution in [0.4, 0.5) is 18.9 Å². The second-order valence-electron chi connectivity index (χ2n) is 7.78. The topological polar surface area (TPSA) is 130 Å². The Kier molecular flexibility index (Phi) is 5.48. The molecule has 12 heteroatoms. The molecule has 174 valence electrons. The molecule has 1 aromatic carbocycles. The molecule has 0 spiro atoms. The summed E-state index contributed by atoms with van der Waals surface area (Å²) in [6, 6.07) is 4.39. The number of anilines is 1. The number of rotatable bonds is 3. The van der Waals surface area contributed by atoms with Gasteiger partial charge < -0.3 is 20.5 Å². The normalized spacial score (nSPS) is 24.2. The predicted molar refractivity (Wildman–Crippen MR) is 105 cm³/mol. The number of ether oxygens (including phenoxy) is 1. The first-order chi connectivity index (χ1) is 15.5. The second kappa shape index (κ2) is 8.03. The molecule has 0 aromatic heterocycles. The number of phenols is 1. The van der Waals surface area contributed by atoms with Crippen LogP contribution < -0.4 is 10.6 Å². The van der Waals surface area contributed by atoms with Crippen LogP contribution in [0.15, 0.2) is 47.2 Å². The highest BCUT2D eigenvalue weighted by Gasteiger charge is 2.52. The molecule has 0 bridgehead atoms. The summed E-state index contributed by atoms with van der Waals surface area (Å²) in [4.78, 5) is 51.2. The summed E-state index contributed by atoms with van der Waals surface area (Å²) in [5.41, 5.74) is 6.12. The van der Waals surface area contributed by atoms with Gasteiger partial charge in [0.2, 0.25) is 5.91 Å². The van der Waals surface area contributed by atoms with Gasteiger partial charge in [0.25, 0.3) is 5.91 Å². The number of halogens is 3. The monoisotopic (exact) mass is 465 g/mol. The maximum Gasteiger partial charge on any atom is 0.491 e. The third kappa shape index (κ3) is 3.97. The van der Waals surface area contributed by atoms with Gasteiger partial charge in [-0.2, -0.15) is 13.2 Å². The van der Waals surface area contributed by atoms with E-state index >= 15 is 0 Å². The van der Waals surface area contributed by atoms with Gasteiger partial charge in [0.05, 0.1) is 6.04 Å². The molecule has 0 radical (unpaired) electrons. The lowest BCUT2D eigenvalue weighted by atomic mass is 9.83. The molecule has 3 N–H and O–H groups in total. The van der Waals surface area contributed by atoms with E-state index in [0.717, 1.165) is 4.90 Å². The van der Waals surface area contributed by atoms with Gasteiger partial charge in [-0.1, -0.05) is 0 Å². The molecule has 4 rings (SSSR count). The van der Waals surface area contributed by atoms with Gasteiger partial charge in [-0.15, -0.1) is 0 Å². The van der Waals surface area contributed by atoms with Crippen molar-refractivity contribution < 1.29 is 42.2 Å². The van der Waals surface area contributed by atoms with E-state index in [1.54, 1.807) is 12.1 Å². The van der Waals surface area contributed by atoms with Gasteiger partial charge in [0, 0.05) is 17.8 Å². The van der Waals surface area contributed by atoms with Crippen LogP contribution in [0.25, 0.3) is 0 Å². The van der Waals surface area contributed by atoms with Crippen LogP contribution in [-0.4, -0.2) is 58.6 Å². The highest BCUT2D eigenvalue weighted by Crippen LogP contribution is 2.38. The number of hydrogen-bond donors (Lipinski definition) is 2. The fourth-order valence-electron chi connectivity index (χ4n) is 4.13. The van der Waals surface area contributed by atoms with E-state index < -0.39 is 47.7 Å². The Morgan fingerprint density at radius 1 is 1.15 bits per heavy atom. The van der Waals surface area contributed by atoms with Crippen LogP contribution in [-0.2, 0) is 23.9 Å². The summed E-state index contributed by atoms with van der Waals surface area (Å²) in [5.74, 6) is -5.40. The first kappa shape index (κ1) is 22.5. The van der Waals surface area contributed by atoms with Gasteiger partial charge in [-0.3, -0.25) is 14.5 Å². The smallest absolute Gasteiger partial charge is 0.491 e. The van der Waals surface area contributed by atoms with E-state index in [-0.39, 0.29) is 29.7 Å². The summed E-state index contributed by atoms with van der Waals surface area (Å²) in [6.07, 6.45) is -3.31. The number of amides is 2. The summed E-state index contributed by atoms with van der Waals surface area (Å²) in [5, 5.41) is 9.42. The predicted octanol–water partition coefficient (Wildman–Crippen LogP) is 1.27. The molecule has 0 saturated carbocycles. The lowest BCUT2D eigenvalue weighted by Gasteiger charge is -2.48. The molecule has 0 aliphatic carbocycles. The van der Waals surface area contributed by atoms with E-state index in [9.17, 15) is 37.5 Å². The first-order valence-corrected chi connectivity index (χ1v) is 9.95. The van der Waals surface area contributed by atoms with Crippen molar-refractivity contribution >= 4 is 29.4 Å². The van der Waals surface area contributed by atoms with Crippen molar-refractivity contribution in [1.29, 1.82) is 0 Å². The van der Waals surface area contributed by atoms with Gasteiger partial charge >= 0.3 is 18.1 Å². The molecule has 3 aliphatic rings. The number of nitrogens with zero attached hydrogens (tertiary/aromatic N) is 2. The average molecular weight is 465 g/mol. The van der Waals surface area contributed by atoms with Gasteiger partial charge in [0.15, 0.2) is 0 Å². The molecule has 3 aliphatic heterocycles. The number of alkyl halides is 3. The SMILES string of the molecule is N[C@H]1C(=O)N2C(C(=O)OC(=O)C(F)(F)F)=C(/C=C3\CCN(c4ccc(O)cc4)C3=O)CC[C@H]12. The van der Waals surface area contributed by atoms with Crippen LogP contribution in [0.3, 0.4) is 0 Å². The Morgan fingerprint density at radius 3 is 2.45 bits per heavy atom. The number of fused-ring (bicyclic) bond motifs is 1. The number of carbonyl (C=O) groups excluding carboxylic acids is 4. The highest BCUT2D eigenvalue weighted by atomic mass is 19.4. The lowest BCUT2D eigenvalue weighted by Crippen LogP contribution is -2.69. The standard InChI is InChI=1S/C21H18F3N3O6/c22-21(23,24)20(32)33-19(31)16-10(1-6-14-15(25)18(30)27(14)16)9-11-7-8-26(17(11)29)12-2-4-13(28)5-3-12/h2-5,9,14-15,28H,1,6-8,25H2/b11-9+/t14-,15-/m1/s1. The van der Waals surface area contributed by atoms with Crippen molar-refractivity contribution in [3.8, 4) is 5.75 Å². The minimum atomic E-state index is -5.40. The Morgan fingerprint density at radius 2 is 1.82 bits per heavy atom. The molecule has 2 fully saturated rings. The van der Waals surface area contributed by atoms with Crippen molar-refractivity contribution in [2.24, 2.45) is 5.73 Å². The Hall–Kier alpha value is -3.67. The second-order valence-corrected chi connectivity index (χ2v) is 7.78. The zero-order valence-corrected chi connectivity index (χ0v) is 17.0.